The Morgan fingerprint density at radius 1 is 1.06 bits per heavy atom. The van der Waals surface area contributed by atoms with Gasteiger partial charge in [0.05, 0.1) is 24.4 Å². The van der Waals surface area contributed by atoms with Crippen LogP contribution in [-0.4, -0.2) is 51.1 Å². The van der Waals surface area contributed by atoms with Crippen LogP contribution in [0, 0.1) is 5.82 Å². The zero-order chi connectivity index (χ0) is 25.4. The molecule has 0 saturated carbocycles. The zero-order valence-corrected chi connectivity index (χ0v) is 20.4. The van der Waals surface area contributed by atoms with Crippen molar-refractivity contribution >= 4 is 29.2 Å². The van der Waals surface area contributed by atoms with Crippen molar-refractivity contribution in [3.05, 3.63) is 80.7 Å². The Balaban J connectivity index is 1.39. The first-order valence-corrected chi connectivity index (χ1v) is 12.0. The van der Waals surface area contributed by atoms with E-state index in [9.17, 15) is 18.8 Å². The van der Waals surface area contributed by atoms with Crippen molar-refractivity contribution in [1.82, 2.24) is 18.9 Å². The van der Waals surface area contributed by atoms with E-state index >= 15 is 0 Å². The number of benzene rings is 2. The largest absolute Gasteiger partial charge is 0.497 e. The predicted molar refractivity (Wildman–Crippen MR) is 132 cm³/mol. The second-order valence-electron chi connectivity index (χ2n) is 8.79. The van der Waals surface area contributed by atoms with Crippen LogP contribution in [0.5, 0.6) is 5.75 Å². The summed E-state index contributed by atoms with van der Waals surface area (Å²) < 4.78 is 21.8. The van der Waals surface area contributed by atoms with Gasteiger partial charge >= 0.3 is 11.7 Å². The Labute approximate surface area is 211 Å². The summed E-state index contributed by atoms with van der Waals surface area (Å²) in [6.07, 6.45) is 0.647. The summed E-state index contributed by atoms with van der Waals surface area (Å²) in [4.78, 5) is 42.9. The van der Waals surface area contributed by atoms with E-state index in [1.807, 2.05) is 24.3 Å². The number of anilines is 1. The number of aromatic nitrogens is 2. The maximum Gasteiger partial charge on any atom is 0.329 e. The van der Waals surface area contributed by atoms with E-state index in [4.69, 9.17) is 16.3 Å². The molecule has 0 aliphatic carbocycles. The van der Waals surface area contributed by atoms with E-state index in [-0.39, 0.29) is 29.7 Å². The van der Waals surface area contributed by atoms with Crippen LogP contribution in [0.3, 0.4) is 0 Å². The van der Waals surface area contributed by atoms with E-state index in [1.54, 1.807) is 16.6 Å². The van der Waals surface area contributed by atoms with Crippen LogP contribution >= 0.6 is 11.6 Å². The lowest BCUT2D eigenvalue weighted by atomic mass is 10.1. The molecule has 1 aromatic heterocycles. The van der Waals surface area contributed by atoms with Gasteiger partial charge < -0.3 is 19.9 Å². The predicted octanol–water partition coefficient (Wildman–Crippen LogP) is 3.54. The lowest BCUT2D eigenvalue weighted by Crippen LogP contribution is -2.43. The highest BCUT2D eigenvalue weighted by molar-refractivity contribution is 6.31. The van der Waals surface area contributed by atoms with Crippen molar-refractivity contribution in [2.45, 2.75) is 32.6 Å². The lowest BCUT2D eigenvalue weighted by Gasteiger charge is -2.29. The molecule has 11 heteroatoms. The van der Waals surface area contributed by atoms with E-state index in [0.717, 1.165) is 11.3 Å². The molecule has 36 heavy (non-hydrogen) atoms. The van der Waals surface area contributed by atoms with Crippen LogP contribution in [-0.2, 0) is 26.2 Å². The van der Waals surface area contributed by atoms with Crippen molar-refractivity contribution in [2.24, 2.45) is 0 Å². The number of halogens is 2. The third-order valence-corrected chi connectivity index (χ3v) is 6.84. The first-order chi connectivity index (χ1) is 17.4. The van der Waals surface area contributed by atoms with Crippen molar-refractivity contribution in [1.29, 1.82) is 0 Å². The second-order valence-corrected chi connectivity index (χ2v) is 9.20. The molecule has 0 radical (unpaired) electrons. The SMILES string of the molecule is COc1ccc(CN2CCCn3c(c4n(c3=O)CCN(C(=O)Nc3ccc(F)c(Cl)c3)C4)C2=O)cc1. The highest BCUT2D eigenvalue weighted by atomic mass is 35.5. The summed E-state index contributed by atoms with van der Waals surface area (Å²) >= 11 is 5.82. The number of fused-ring (bicyclic) bond motifs is 3. The van der Waals surface area contributed by atoms with Crippen LogP contribution in [0.4, 0.5) is 14.9 Å². The molecule has 2 aliphatic rings. The number of amides is 3. The number of nitrogens with one attached hydrogen (secondary N) is 1. The van der Waals surface area contributed by atoms with Crippen LogP contribution in [0.15, 0.2) is 47.3 Å². The molecule has 3 amide bonds. The number of ether oxygens (including phenoxy) is 1. The quantitative estimate of drug-likeness (QED) is 0.578. The molecule has 0 saturated heterocycles. The average Bonchev–Trinajstić information content (AvgIpc) is 3.05. The normalized spacial score (nSPS) is 15.2. The molecule has 1 N–H and O–H groups in total. The number of hydrogen-bond acceptors (Lipinski definition) is 4. The zero-order valence-electron chi connectivity index (χ0n) is 19.7. The molecule has 5 rings (SSSR count). The van der Waals surface area contributed by atoms with E-state index in [0.29, 0.717) is 49.7 Å². The topological polar surface area (TPSA) is 88.8 Å². The second kappa shape index (κ2) is 9.69. The van der Waals surface area contributed by atoms with Crippen LogP contribution < -0.4 is 15.7 Å². The van der Waals surface area contributed by atoms with Gasteiger partial charge in [-0.2, -0.15) is 0 Å². The summed E-state index contributed by atoms with van der Waals surface area (Å²) in [6, 6.07) is 11.0. The fourth-order valence-electron chi connectivity index (χ4n) is 4.68. The number of methoxy groups -OCH3 is 1. The summed E-state index contributed by atoms with van der Waals surface area (Å²) in [6.45, 7) is 2.01. The molecule has 2 aliphatic heterocycles. The summed E-state index contributed by atoms with van der Waals surface area (Å²) in [5.41, 5.74) is 1.92. The number of hydrogen-bond donors (Lipinski definition) is 1. The first kappa shape index (κ1) is 23.9. The first-order valence-electron chi connectivity index (χ1n) is 11.6. The highest BCUT2D eigenvalue weighted by Crippen LogP contribution is 2.24. The number of carbonyl (C=O) groups is 2. The van der Waals surface area contributed by atoms with Crippen molar-refractivity contribution in [2.75, 3.05) is 25.5 Å². The number of nitrogens with zero attached hydrogens (tertiary/aromatic N) is 4. The van der Waals surface area contributed by atoms with Crippen LogP contribution in [0.1, 0.15) is 28.2 Å². The molecule has 0 spiro atoms. The van der Waals surface area contributed by atoms with Gasteiger partial charge in [-0.05, 0) is 42.3 Å². The summed E-state index contributed by atoms with van der Waals surface area (Å²) in [7, 11) is 1.60. The third kappa shape index (κ3) is 4.44. The minimum absolute atomic E-state index is 0.0967. The Morgan fingerprint density at radius 3 is 2.56 bits per heavy atom. The third-order valence-electron chi connectivity index (χ3n) is 6.56. The van der Waals surface area contributed by atoms with E-state index in [1.165, 1.54) is 27.7 Å². The van der Waals surface area contributed by atoms with Gasteiger partial charge in [0.2, 0.25) is 0 Å². The van der Waals surface area contributed by atoms with Gasteiger partial charge in [0, 0.05) is 38.4 Å². The Morgan fingerprint density at radius 2 is 1.83 bits per heavy atom. The molecule has 3 heterocycles. The molecular formula is C25H25ClFN5O4. The van der Waals surface area contributed by atoms with Crippen molar-refractivity contribution < 1.29 is 18.7 Å². The maximum absolute atomic E-state index is 13.6. The fourth-order valence-corrected chi connectivity index (χ4v) is 4.86. The standard InChI is InChI=1S/C25H25ClFN5O4/c1-36-18-6-3-16(4-7-18)14-29-9-2-10-32-22(23(29)33)21-15-30(11-12-31(21)25(32)35)24(34)28-17-5-8-20(27)19(26)13-17/h3-8,13H,2,9-12,14-15H2,1H3,(H,28,34). The molecule has 0 atom stereocenters. The van der Waals surface area contributed by atoms with Gasteiger partial charge in [-0.3, -0.25) is 13.9 Å². The minimum Gasteiger partial charge on any atom is -0.497 e. The van der Waals surface area contributed by atoms with Gasteiger partial charge in [-0.25, -0.2) is 14.0 Å². The van der Waals surface area contributed by atoms with Gasteiger partial charge in [-0.1, -0.05) is 23.7 Å². The maximum atomic E-state index is 13.6. The summed E-state index contributed by atoms with van der Waals surface area (Å²) in [5, 5.41) is 2.61. The molecule has 0 bridgehead atoms. The number of imidazole rings is 1. The molecule has 3 aromatic rings. The Kier molecular flexibility index (Phi) is 6.44. The number of carbonyl (C=O) groups excluding carboxylic acids is 2. The van der Waals surface area contributed by atoms with E-state index in [2.05, 4.69) is 5.32 Å². The fraction of sp³-hybridized carbons (Fsp3) is 0.320. The van der Waals surface area contributed by atoms with Gasteiger partial charge in [0.15, 0.2) is 0 Å². The molecular weight excluding hydrogens is 489 g/mol. The van der Waals surface area contributed by atoms with Gasteiger partial charge in [-0.15, -0.1) is 0 Å². The molecule has 9 nitrogen and oxygen atoms in total. The smallest absolute Gasteiger partial charge is 0.329 e. The van der Waals surface area contributed by atoms with Crippen molar-refractivity contribution in [3.8, 4) is 5.75 Å². The Hall–Kier alpha value is -3.79. The highest BCUT2D eigenvalue weighted by Gasteiger charge is 2.34. The monoisotopic (exact) mass is 513 g/mol. The lowest BCUT2D eigenvalue weighted by molar-refractivity contribution is 0.0742. The van der Waals surface area contributed by atoms with Crippen molar-refractivity contribution in [3.63, 3.8) is 0 Å². The average molecular weight is 514 g/mol. The molecule has 188 valence electrons. The number of urea groups is 1. The van der Waals surface area contributed by atoms with Gasteiger partial charge in [0.1, 0.15) is 17.3 Å². The summed E-state index contributed by atoms with van der Waals surface area (Å²) in [5.74, 6) is -0.0785. The molecule has 0 unspecified atom stereocenters. The molecule has 2 aromatic carbocycles. The van der Waals surface area contributed by atoms with Crippen LogP contribution in [0.25, 0.3) is 0 Å². The number of rotatable bonds is 4. The minimum atomic E-state index is -0.578. The molecule has 0 fully saturated rings. The van der Waals surface area contributed by atoms with Gasteiger partial charge in [0.25, 0.3) is 5.91 Å². The Bertz CT molecular complexity index is 1380. The van der Waals surface area contributed by atoms with Crippen LogP contribution in [0.2, 0.25) is 5.02 Å². The van der Waals surface area contributed by atoms with E-state index < -0.39 is 11.8 Å².